The van der Waals surface area contributed by atoms with E-state index in [0.717, 1.165) is 57.3 Å². The van der Waals surface area contributed by atoms with Gasteiger partial charge in [-0.2, -0.15) is 4.98 Å². The molecule has 2 aromatic rings. The van der Waals surface area contributed by atoms with Crippen molar-refractivity contribution >= 4 is 0 Å². The van der Waals surface area contributed by atoms with Crippen LogP contribution in [0.2, 0.25) is 0 Å². The molecule has 0 aromatic carbocycles. The van der Waals surface area contributed by atoms with Crippen LogP contribution in [0.1, 0.15) is 61.1 Å². The van der Waals surface area contributed by atoms with Crippen molar-refractivity contribution in [2.75, 3.05) is 19.8 Å². The van der Waals surface area contributed by atoms with Gasteiger partial charge in [0.1, 0.15) is 0 Å². The Morgan fingerprint density at radius 1 is 1.29 bits per heavy atom. The van der Waals surface area contributed by atoms with E-state index in [1.807, 2.05) is 6.33 Å². The van der Waals surface area contributed by atoms with Crippen molar-refractivity contribution in [3.8, 4) is 0 Å². The van der Waals surface area contributed by atoms with E-state index in [-0.39, 0.29) is 5.54 Å². The van der Waals surface area contributed by atoms with Crippen LogP contribution in [-0.4, -0.2) is 44.8 Å². The maximum atomic E-state index is 5.63. The van der Waals surface area contributed by atoms with Gasteiger partial charge in [-0.1, -0.05) is 11.6 Å². The number of hydrogen-bond acceptors (Lipinski definition) is 6. The molecular formula is C17H23N5O2. The minimum atomic E-state index is -0.0525. The average molecular weight is 329 g/mol. The summed E-state index contributed by atoms with van der Waals surface area (Å²) in [5.74, 6) is 2.12. The van der Waals surface area contributed by atoms with E-state index in [1.54, 1.807) is 0 Å². The maximum absolute atomic E-state index is 5.63. The Hall–Kier alpha value is -1.73. The SMILES string of the molecule is c1nc2c([nH]1)CCN(Cc1noc(C3CCC3)n1)C21CCOCC1. The Balaban J connectivity index is 1.42. The lowest BCUT2D eigenvalue weighted by molar-refractivity contribution is -0.0462. The topological polar surface area (TPSA) is 80.1 Å². The van der Waals surface area contributed by atoms with E-state index in [4.69, 9.17) is 9.26 Å². The third kappa shape index (κ3) is 2.22. The Morgan fingerprint density at radius 3 is 2.96 bits per heavy atom. The first-order chi connectivity index (χ1) is 11.9. The summed E-state index contributed by atoms with van der Waals surface area (Å²) in [5.41, 5.74) is 2.42. The quantitative estimate of drug-likeness (QED) is 0.929. The zero-order valence-electron chi connectivity index (χ0n) is 13.8. The van der Waals surface area contributed by atoms with Gasteiger partial charge in [-0.05, 0) is 25.7 Å². The van der Waals surface area contributed by atoms with Crippen LogP contribution < -0.4 is 0 Å². The molecule has 4 heterocycles. The molecule has 3 aliphatic rings. The molecule has 1 N–H and O–H groups in total. The van der Waals surface area contributed by atoms with Gasteiger partial charge < -0.3 is 14.2 Å². The Kier molecular flexibility index (Phi) is 3.45. The number of aromatic nitrogens is 4. The Labute approximate surface area is 140 Å². The molecule has 2 fully saturated rings. The summed E-state index contributed by atoms with van der Waals surface area (Å²) >= 11 is 0. The predicted octanol–water partition coefficient (Wildman–Crippen LogP) is 2.12. The van der Waals surface area contributed by atoms with Gasteiger partial charge in [-0.15, -0.1) is 0 Å². The van der Waals surface area contributed by atoms with Gasteiger partial charge in [0, 0.05) is 37.8 Å². The average Bonchev–Trinajstić information content (AvgIpc) is 3.20. The molecule has 1 spiro atoms. The molecule has 2 aromatic heterocycles. The summed E-state index contributed by atoms with van der Waals surface area (Å²) in [6, 6.07) is 0. The molecule has 128 valence electrons. The lowest BCUT2D eigenvalue weighted by Gasteiger charge is -2.47. The summed E-state index contributed by atoms with van der Waals surface area (Å²) < 4.78 is 11.1. The summed E-state index contributed by atoms with van der Waals surface area (Å²) in [7, 11) is 0. The number of nitrogens with zero attached hydrogens (tertiary/aromatic N) is 4. The molecule has 2 aliphatic heterocycles. The second-order valence-corrected chi connectivity index (χ2v) is 7.22. The van der Waals surface area contributed by atoms with Gasteiger partial charge in [-0.25, -0.2) is 4.98 Å². The van der Waals surface area contributed by atoms with E-state index in [9.17, 15) is 0 Å². The summed E-state index contributed by atoms with van der Waals surface area (Å²) in [6.07, 6.45) is 8.40. The monoisotopic (exact) mass is 329 g/mol. The number of rotatable bonds is 3. The van der Waals surface area contributed by atoms with E-state index < -0.39 is 0 Å². The van der Waals surface area contributed by atoms with Crippen LogP contribution in [0.25, 0.3) is 0 Å². The molecule has 7 nitrogen and oxygen atoms in total. The van der Waals surface area contributed by atoms with Gasteiger partial charge in [0.25, 0.3) is 0 Å². The van der Waals surface area contributed by atoms with Crippen LogP contribution in [0, 0.1) is 0 Å². The highest BCUT2D eigenvalue weighted by Crippen LogP contribution is 2.42. The van der Waals surface area contributed by atoms with Gasteiger partial charge in [0.2, 0.25) is 5.89 Å². The second kappa shape index (κ2) is 5.67. The van der Waals surface area contributed by atoms with Crippen molar-refractivity contribution in [3.63, 3.8) is 0 Å². The fourth-order valence-electron chi connectivity index (χ4n) is 4.34. The normalized spacial score (nSPS) is 24.0. The van der Waals surface area contributed by atoms with Crippen LogP contribution in [0.15, 0.2) is 10.9 Å². The van der Waals surface area contributed by atoms with Crippen LogP contribution in [0.3, 0.4) is 0 Å². The third-order valence-electron chi connectivity index (χ3n) is 5.99. The van der Waals surface area contributed by atoms with E-state index in [0.29, 0.717) is 5.92 Å². The first-order valence-corrected chi connectivity index (χ1v) is 9.03. The third-order valence-corrected chi connectivity index (χ3v) is 5.99. The zero-order chi connectivity index (χ0) is 16.0. The number of ether oxygens (including phenoxy) is 1. The van der Waals surface area contributed by atoms with Crippen molar-refractivity contribution in [2.45, 2.75) is 56.5 Å². The number of aromatic amines is 1. The van der Waals surface area contributed by atoms with Gasteiger partial charge in [0.15, 0.2) is 5.82 Å². The molecule has 1 saturated carbocycles. The fraction of sp³-hybridized carbons (Fsp3) is 0.706. The second-order valence-electron chi connectivity index (χ2n) is 7.22. The lowest BCUT2D eigenvalue weighted by Crippen LogP contribution is -2.53. The molecule has 7 heteroatoms. The van der Waals surface area contributed by atoms with Crippen LogP contribution in [0.5, 0.6) is 0 Å². The number of nitrogens with one attached hydrogen (secondary N) is 1. The zero-order valence-corrected chi connectivity index (χ0v) is 13.8. The van der Waals surface area contributed by atoms with Gasteiger partial charge in [-0.3, -0.25) is 4.90 Å². The summed E-state index contributed by atoms with van der Waals surface area (Å²) in [5, 5.41) is 4.25. The Bertz CT molecular complexity index is 714. The van der Waals surface area contributed by atoms with Crippen LogP contribution in [0.4, 0.5) is 0 Å². The van der Waals surface area contributed by atoms with Crippen LogP contribution in [-0.2, 0) is 23.2 Å². The fourth-order valence-corrected chi connectivity index (χ4v) is 4.34. The van der Waals surface area contributed by atoms with Crippen molar-refractivity contribution < 1.29 is 9.26 Å². The Morgan fingerprint density at radius 2 is 2.17 bits per heavy atom. The van der Waals surface area contributed by atoms with Crippen LogP contribution >= 0.6 is 0 Å². The van der Waals surface area contributed by atoms with Crippen molar-refractivity contribution in [2.24, 2.45) is 0 Å². The van der Waals surface area contributed by atoms with E-state index >= 15 is 0 Å². The molecule has 0 radical (unpaired) electrons. The predicted molar refractivity (Wildman–Crippen MR) is 85.3 cm³/mol. The molecule has 0 unspecified atom stereocenters. The minimum Gasteiger partial charge on any atom is -0.381 e. The molecule has 1 aliphatic carbocycles. The molecule has 0 bridgehead atoms. The largest absolute Gasteiger partial charge is 0.381 e. The first kappa shape index (κ1) is 14.6. The molecule has 5 rings (SSSR count). The van der Waals surface area contributed by atoms with E-state index in [2.05, 4.69) is 25.0 Å². The number of fused-ring (bicyclic) bond motifs is 2. The standard InChI is InChI=1S/C17H23N5O2/c1-2-12(3-1)16-20-14(21-24-16)10-22-7-4-13-15(19-11-18-13)17(22)5-8-23-9-6-17/h11-12H,1-10H2,(H,18,19). The number of H-pyrrole nitrogens is 1. The maximum Gasteiger partial charge on any atom is 0.229 e. The van der Waals surface area contributed by atoms with Gasteiger partial charge >= 0.3 is 0 Å². The summed E-state index contributed by atoms with van der Waals surface area (Å²) in [4.78, 5) is 15.1. The highest BCUT2D eigenvalue weighted by atomic mass is 16.5. The molecule has 0 atom stereocenters. The lowest BCUT2D eigenvalue weighted by atomic mass is 9.80. The van der Waals surface area contributed by atoms with Crippen molar-refractivity contribution in [3.05, 3.63) is 29.4 Å². The molecule has 24 heavy (non-hydrogen) atoms. The molecule has 0 amide bonds. The highest BCUT2D eigenvalue weighted by Gasteiger charge is 2.46. The smallest absolute Gasteiger partial charge is 0.229 e. The van der Waals surface area contributed by atoms with E-state index in [1.165, 1.54) is 30.7 Å². The first-order valence-electron chi connectivity index (χ1n) is 9.03. The number of hydrogen-bond donors (Lipinski definition) is 1. The van der Waals surface area contributed by atoms with Crippen molar-refractivity contribution in [1.29, 1.82) is 0 Å². The minimum absolute atomic E-state index is 0.0525. The van der Waals surface area contributed by atoms with Crippen molar-refractivity contribution in [1.82, 2.24) is 25.0 Å². The highest BCUT2D eigenvalue weighted by molar-refractivity contribution is 5.26. The van der Waals surface area contributed by atoms with Gasteiger partial charge in [0.05, 0.1) is 24.1 Å². The molecular weight excluding hydrogens is 306 g/mol. The summed E-state index contributed by atoms with van der Waals surface area (Å²) in [6.45, 7) is 3.27. The number of imidazole rings is 1. The molecule has 1 saturated heterocycles.